The summed E-state index contributed by atoms with van der Waals surface area (Å²) in [6, 6.07) is 0. The first-order chi connectivity index (χ1) is 41.4. The summed E-state index contributed by atoms with van der Waals surface area (Å²) >= 11 is 11.3. The third kappa shape index (κ3) is 41.3. The van der Waals surface area contributed by atoms with Crippen molar-refractivity contribution in [2.45, 2.75) is 74.7 Å². The molecular weight excluding hydrogens is 2240 g/mol. The maximum atomic E-state index is 9.87. The fourth-order valence-electron chi connectivity index (χ4n) is 6.64. The molecule has 0 unspecified atom stereocenters. The van der Waals surface area contributed by atoms with E-state index in [9.17, 15) is 38.1 Å². The summed E-state index contributed by atoms with van der Waals surface area (Å²) < 4.78 is 88.2. The van der Waals surface area contributed by atoms with Crippen molar-refractivity contribution in [3.8, 4) is 0 Å². The minimum Gasteiger partial charge on any atom is 2.00 e. The van der Waals surface area contributed by atoms with Crippen LogP contribution in [0.4, 0.5) is 38.1 Å². The van der Waals surface area contributed by atoms with Crippen LogP contribution >= 0.6 is 74.3 Å². The van der Waals surface area contributed by atoms with E-state index in [1.807, 2.05) is 110 Å². The monoisotopic (exact) mass is 2310 g/mol. The predicted octanol–water partition coefficient (Wildman–Crippen LogP) is 12.8. The van der Waals surface area contributed by atoms with Crippen LogP contribution in [0.1, 0.15) is 74.7 Å². The number of hydrogen-bond acceptors (Lipinski definition) is 14. The van der Waals surface area contributed by atoms with E-state index in [1.54, 1.807) is 0 Å². The largest absolute Gasteiger partial charge is 2.00 e. The number of rotatable bonds is 3. The first kappa shape index (κ1) is 91.9. The Labute approximate surface area is 609 Å². The summed E-state index contributed by atoms with van der Waals surface area (Å²) in [4.78, 5) is 30.6. The molecule has 0 aromatic rings. The van der Waals surface area contributed by atoms with E-state index in [1.165, 1.54) is 53.4 Å². The Hall–Kier alpha value is -3.29. The number of carboxylic acids is 2. The van der Waals surface area contributed by atoms with Gasteiger partial charge >= 0.3 is 151 Å². The SMILES string of the molecule is C1=CC2=CN(N3C=C4C=CC=CN4[CH-]3)[CH-]N2C=C1.C1=CC2=CN(N3C=C4C=CC=CN4[CH-]3)[CH-]N2C=C1.C1=CC2=CN(N3C=C4C=CC=CN4[CH-]3)[CH-]N2C=C1.CC(=O)O.CC(=O)O.CCC.CCC.CCC.FB(F)F.F[P-](F)(F)(F)(F)F.[Br][Os][Br].[F-].[I-].[I][Os][I].[Os+2]. The molecule has 0 aromatic carbocycles. The van der Waals surface area contributed by atoms with Gasteiger partial charge in [0.25, 0.3) is 11.9 Å². The van der Waals surface area contributed by atoms with Gasteiger partial charge in [0.05, 0.1) is 0 Å². The normalized spacial score (nSPS) is 17.7. The van der Waals surface area contributed by atoms with E-state index in [2.05, 4.69) is 281 Å². The number of nitrogens with zero attached hydrogens (tertiary/aromatic N) is 12. The van der Waals surface area contributed by atoms with Gasteiger partial charge in [-0.3, -0.25) is 22.5 Å². The first-order valence-corrected chi connectivity index (χ1v) is 53.4. The number of carbonyl (C=O) groups is 2. The van der Waals surface area contributed by atoms with Crippen molar-refractivity contribution in [1.29, 1.82) is 0 Å². The smallest absolute Gasteiger partial charge is 2.00 e. The van der Waals surface area contributed by atoms with Gasteiger partial charge in [-0.2, -0.15) is 0 Å². The molecule has 12 aliphatic rings. The molecule has 516 valence electrons. The maximum absolute atomic E-state index is 10.7. The molecule has 36 heteroatoms. The quantitative estimate of drug-likeness (QED) is 0.0918. The van der Waals surface area contributed by atoms with Crippen LogP contribution in [0.3, 0.4) is 0 Å². The zero-order valence-electron chi connectivity index (χ0n) is 49.7. The van der Waals surface area contributed by atoms with Gasteiger partial charge in [-0.05, 0) is 110 Å². The number of aliphatic carboxylic acids is 2. The van der Waals surface area contributed by atoms with E-state index >= 15 is 0 Å². The third-order valence-electron chi connectivity index (χ3n) is 9.38. The number of hydrazine groups is 3. The summed E-state index contributed by atoms with van der Waals surface area (Å²) in [6.45, 7) is 27.2. The predicted molar refractivity (Wildman–Crippen MR) is 349 cm³/mol. The molecule has 0 saturated heterocycles. The van der Waals surface area contributed by atoms with Crippen LogP contribution in [-0.2, 0) is 53.1 Å². The second-order valence-corrected chi connectivity index (χ2v) is 49.0. The minimum absolute atomic E-state index is 0. The maximum Gasteiger partial charge on any atom is 2.00 e. The summed E-state index contributed by atoms with van der Waals surface area (Å²) in [7, 11) is -14.0. The second kappa shape index (κ2) is 47.6. The Bertz CT molecular complexity index is 2390. The average molecular weight is 2300 g/mol. The van der Waals surface area contributed by atoms with Gasteiger partial charge in [0.1, 0.15) is 0 Å². The van der Waals surface area contributed by atoms with Gasteiger partial charge in [0.2, 0.25) is 0 Å². The van der Waals surface area contributed by atoms with Crippen LogP contribution in [0, 0.1) is 40.0 Å². The van der Waals surface area contributed by atoms with Crippen molar-refractivity contribution < 1.29 is 130 Å². The molecule has 0 saturated carbocycles. The first-order valence-electron chi connectivity index (χ1n) is 25.9. The zero-order valence-corrected chi connectivity index (χ0v) is 67.9. The summed E-state index contributed by atoms with van der Waals surface area (Å²) in [5.41, 5.74) is 7.00. The second-order valence-electron chi connectivity index (χ2n) is 17.4. The molecule has 0 fully saturated rings. The molecule has 12 rings (SSSR count). The van der Waals surface area contributed by atoms with Crippen molar-refractivity contribution in [1.82, 2.24) is 59.5 Å². The standard InChI is InChI=1S/3C14H12N4.3C3H8.2C2H4O2.BF3.2BrH.F6P.FH.3HI.3Os/c3*1-3-7-15-11-17(9-13(15)5-1)18-10-14-6-2-4-8-16(14)12-18;3*1-3-2;2*1-2(3)4;2-1(3)4;;;1-7(2,3,4,5)6;;;;;;;/h3*1-12H;3*3H2,1-2H3;2*1H3,(H,3,4);;2*1H;;4*1H;;;/q3*-2;;;;;;;;;-1;;;;;3*+2/p-6. The molecule has 0 amide bonds. The molecule has 91 heavy (non-hydrogen) atoms. The van der Waals surface area contributed by atoms with Gasteiger partial charge in [-0.25, -0.2) is 0 Å². The van der Waals surface area contributed by atoms with Crippen molar-refractivity contribution in [2.75, 3.05) is 0 Å². The number of halogens is 15. The molecule has 12 heterocycles. The summed E-state index contributed by atoms with van der Waals surface area (Å²) in [6.07, 6.45) is 65.5. The van der Waals surface area contributed by atoms with Crippen molar-refractivity contribution >= 4 is 93.8 Å². The molecule has 0 atom stereocenters. The summed E-state index contributed by atoms with van der Waals surface area (Å²) in [5, 5.41) is 27.2. The molecule has 0 aliphatic carbocycles. The van der Waals surface area contributed by atoms with Crippen molar-refractivity contribution in [3.63, 3.8) is 0 Å². The molecule has 0 bridgehead atoms. The Balaban J connectivity index is -0.00000101. The van der Waals surface area contributed by atoms with Crippen molar-refractivity contribution in [3.05, 3.63) is 258 Å². The molecule has 0 radical (unpaired) electrons. The van der Waals surface area contributed by atoms with Crippen LogP contribution < -0.4 is 28.7 Å². The molecule has 12 aliphatic heterocycles. The third-order valence-corrected chi connectivity index (χ3v) is 9.38. The summed E-state index contributed by atoms with van der Waals surface area (Å²) in [5.74, 6) is -1.67. The fourth-order valence-corrected chi connectivity index (χ4v) is 6.64. The van der Waals surface area contributed by atoms with E-state index in [0.29, 0.717) is 10.3 Å². The molecule has 16 nitrogen and oxygen atoms in total. The van der Waals surface area contributed by atoms with Gasteiger partial charge < -0.3 is 98.3 Å². The Morgan fingerprint density at radius 1 is 0.440 bits per heavy atom. The number of hydrogen-bond donors (Lipinski definition) is 2. The average Bonchev–Trinajstić information content (AvgIpc) is 1.59. The van der Waals surface area contributed by atoms with Crippen LogP contribution in [-0.4, -0.2) is 89.1 Å². The van der Waals surface area contributed by atoms with Gasteiger partial charge in [-0.1, -0.05) is 97.3 Å². The Kier molecular flexibility index (Phi) is 48.1. The van der Waals surface area contributed by atoms with Gasteiger partial charge in [0, 0.05) is 85.2 Å². The molecule has 0 aromatic heterocycles. The minimum atomic E-state index is -10.7. The van der Waals surface area contributed by atoms with E-state index < -0.39 is 27.3 Å². The Morgan fingerprint density at radius 2 is 0.538 bits per heavy atom. The van der Waals surface area contributed by atoms with Crippen LogP contribution in [0.5, 0.6) is 0 Å². The number of allylic oxidation sites excluding steroid dienone is 18. The van der Waals surface area contributed by atoms with Gasteiger partial charge in [0.15, 0.2) is 0 Å². The van der Waals surface area contributed by atoms with E-state index in [-0.39, 0.29) is 61.9 Å². The molecule has 0 spiro atoms. The van der Waals surface area contributed by atoms with E-state index in [4.69, 9.17) is 19.8 Å². The van der Waals surface area contributed by atoms with Crippen LogP contribution in [0.25, 0.3) is 0 Å². The van der Waals surface area contributed by atoms with Crippen LogP contribution in [0.15, 0.2) is 218 Å². The Morgan fingerprint density at radius 3 is 0.626 bits per heavy atom. The number of fused-ring (bicyclic) bond motifs is 6. The topological polar surface area (TPSA) is 113 Å². The van der Waals surface area contributed by atoms with Crippen LogP contribution in [0.2, 0.25) is 0 Å². The van der Waals surface area contributed by atoms with Crippen molar-refractivity contribution in [2.24, 2.45) is 0 Å². The molecular formula is C55H68BBr2F10I3N12O4Os3P-7. The van der Waals surface area contributed by atoms with E-state index in [0.717, 1.165) is 13.8 Å². The van der Waals surface area contributed by atoms with Gasteiger partial charge in [-0.15, -0.1) is 40.0 Å². The number of carboxylic acid groups (broad SMARTS) is 2. The molecule has 2 N–H and O–H groups in total. The fraction of sp³-hybridized carbons (Fsp3) is 0.200. The zero-order chi connectivity index (χ0) is 66.5.